The third kappa shape index (κ3) is 4.03. The normalized spacial score (nSPS) is 10.9. The molecule has 0 unspecified atom stereocenters. The number of hydrogen-bond donors (Lipinski definition) is 0. The average Bonchev–Trinajstić information content (AvgIpc) is 3.23. The Morgan fingerprint density at radius 1 is 1.13 bits per heavy atom. The minimum absolute atomic E-state index is 0.0998. The maximum absolute atomic E-state index is 13.5. The predicted octanol–water partition coefficient (Wildman–Crippen LogP) is 4.82. The van der Waals surface area contributed by atoms with Crippen LogP contribution in [0.15, 0.2) is 66.9 Å². The molecule has 0 spiro atoms. The number of nitrogens with zero attached hydrogens (tertiary/aromatic N) is 5. The number of benzene rings is 2. The predicted molar refractivity (Wildman–Crippen MR) is 120 cm³/mol. The van der Waals surface area contributed by atoms with E-state index >= 15 is 0 Å². The molecule has 31 heavy (non-hydrogen) atoms. The lowest BCUT2D eigenvalue weighted by molar-refractivity contribution is 0.0787. The highest BCUT2D eigenvalue weighted by Gasteiger charge is 2.21. The molecule has 0 fully saturated rings. The van der Waals surface area contributed by atoms with Gasteiger partial charge in [-0.15, -0.1) is 0 Å². The summed E-state index contributed by atoms with van der Waals surface area (Å²) in [5, 5.41) is 14.2. The molecule has 0 atom stereocenters. The molecule has 0 bridgehead atoms. The van der Waals surface area contributed by atoms with E-state index in [4.69, 9.17) is 10.2 Å². The van der Waals surface area contributed by atoms with Crippen molar-refractivity contribution in [3.05, 3.63) is 83.6 Å². The third-order valence-electron chi connectivity index (χ3n) is 5.21. The van der Waals surface area contributed by atoms with Gasteiger partial charge in [0.15, 0.2) is 5.65 Å². The molecule has 0 N–H and O–H groups in total. The van der Waals surface area contributed by atoms with Gasteiger partial charge < -0.3 is 4.90 Å². The van der Waals surface area contributed by atoms with E-state index in [1.54, 1.807) is 30.3 Å². The molecule has 6 heteroatoms. The highest BCUT2D eigenvalue weighted by Crippen LogP contribution is 2.27. The van der Waals surface area contributed by atoms with Gasteiger partial charge in [0.1, 0.15) is 0 Å². The van der Waals surface area contributed by atoms with Crippen LogP contribution in [0.1, 0.15) is 41.4 Å². The largest absolute Gasteiger partial charge is 0.337 e. The quantitative estimate of drug-likeness (QED) is 0.473. The summed E-state index contributed by atoms with van der Waals surface area (Å²) in [5.74, 6) is -0.0998. The third-order valence-corrected chi connectivity index (χ3v) is 5.21. The Morgan fingerprint density at radius 2 is 1.84 bits per heavy atom. The molecule has 0 aliphatic carbocycles. The number of aromatic nitrogens is 3. The van der Waals surface area contributed by atoms with Crippen molar-refractivity contribution in [2.24, 2.45) is 0 Å². The van der Waals surface area contributed by atoms with Crippen LogP contribution >= 0.6 is 0 Å². The van der Waals surface area contributed by atoms with Crippen molar-refractivity contribution < 1.29 is 4.79 Å². The number of hydrogen-bond acceptors (Lipinski definition) is 4. The van der Waals surface area contributed by atoms with E-state index in [0.717, 1.165) is 22.2 Å². The molecule has 0 radical (unpaired) electrons. The fraction of sp³-hybridized carbons (Fsp3) is 0.200. The number of fused-ring (bicyclic) bond motifs is 1. The second-order valence-corrected chi connectivity index (χ2v) is 7.81. The van der Waals surface area contributed by atoms with Crippen molar-refractivity contribution in [2.45, 2.75) is 26.4 Å². The van der Waals surface area contributed by atoms with Gasteiger partial charge in [0, 0.05) is 25.2 Å². The van der Waals surface area contributed by atoms with Crippen LogP contribution in [-0.2, 0) is 6.54 Å². The molecule has 6 nitrogen and oxygen atoms in total. The van der Waals surface area contributed by atoms with Gasteiger partial charge in [-0.1, -0.05) is 42.5 Å². The van der Waals surface area contributed by atoms with Gasteiger partial charge in [0.25, 0.3) is 5.91 Å². The molecular formula is C25H23N5O. The molecule has 2 aromatic carbocycles. The van der Waals surface area contributed by atoms with E-state index in [9.17, 15) is 4.79 Å². The minimum atomic E-state index is -0.0998. The summed E-state index contributed by atoms with van der Waals surface area (Å²) in [6, 6.07) is 21.2. The van der Waals surface area contributed by atoms with Crippen LogP contribution < -0.4 is 0 Å². The second-order valence-electron chi connectivity index (χ2n) is 7.81. The molecule has 4 aromatic rings. The van der Waals surface area contributed by atoms with Crippen molar-refractivity contribution in [2.75, 3.05) is 7.05 Å². The lowest BCUT2D eigenvalue weighted by Crippen LogP contribution is -2.26. The van der Waals surface area contributed by atoms with Gasteiger partial charge in [-0.3, -0.25) is 4.79 Å². The number of amides is 1. The van der Waals surface area contributed by atoms with Crippen molar-refractivity contribution in [1.82, 2.24) is 19.7 Å². The first kappa shape index (κ1) is 20.3. The zero-order valence-electron chi connectivity index (χ0n) is 17.8. The maximum atomic E-state index is 13.5. The fourth-order valence-corrected chi connectivity index (χ4v) is 3.57. The van der Waals surface area contributed by atoms with Crippen molar-refractivity contribution >= 4 is 16.9 Å². The Bertz CT molecular complexity index is 1270. The van der Waals surface area contributed by atoms with Crippen LogP contribution in [-0.4, -0.2) is 32.6 Å². The Hall–Kier alpha value is -3.98. The smallest absolute Gasteiger partial charge is 0.254 e. The Kier molecular flexibility index (Phi) is 5.50. The standard InChI is InChI=1S/C25H23N5O/c1-17(2)30-24-22(15-27-30)21(13-23(28-24)20-7-5-4-6-8-20)25(31)29(3)16-19-11-9-18(14-26)10-12-19/h4-13,15,17H,16H2,1-3H3. The molecule has 0 aliphatic rings. The van der Waals surface area contributed by atoms with Gasteiger partial charge in [0.05, 0.1) is 34.5 Å². The molecule has 0 aliphatic heterocycles. The van der Waals surface area contributed by atoms with Gasteiger partial charge in [-0.05, 0) is 37.6 Å². The van der Waals surface area contributed by atoms with E-state index in [-0.39, 0.29) is 11.9 Å². The first-order valence-electron chi connectivity index (χ1n) is 10.2. The van der Waals surface area contributed by atoms with Gasteiger partial charge >= 0.3 is 0 Å². The van der Waals surface area contributed by atoms with Gasteiger partial charge in [-0.25, -0.2) is 9.67 Å². The summed E-state index contributed by atoms with van der Waals surface area (Å²) < 4.78 is 1.85. The summed E-state index contributed by atoms with van der Waals surface area (Å²) in [6.07, 6.45) is 1.72. The van der Waals surface area contributed by atoms with Crippen LogP contribution in [0.5, 0.6) is 0 Å². The number of nitriles is 1. The highest BCUT2D eigenvalue weighted by atomic mass is 16.2. The van der Waals surface area contributed by atoms with E-state index < -0.39 is 0 Å². The topological polar surface area (TPSA) is 74.8 Å². The van der Waals surface area contributed by atoms with Gasteiger partial charge in [-0.2, -0.15) is 10.4 Å². The summed E-state index contributed by atoms with van der Waals surface area (Å²) >= 11 is 0. The van der Waals surface area contributed by atoms with E-state index in [1.807, 2.05) is 67.1 Å². The van der Waals surface area contributed by atoms with E-state index in [2.05, 4.69) is 11.2 Å². The highest BCUT2D eigenvalue weighted by molar-refractivity contribution is 6.06. The van der Waals surface area contributed by atoms with Gasteiger partial charge in [0.2, 0.25) is 0 Å². The molecule has 2 heterocycles. The zero-order valence-corrected chi connectivity index (χ0v) is 17.8. The van der Waals surface area contributed by atoms with Crippen LogP contribution in [0.2, 0.25) is 0 Å². The van der Waals surface area contributed by atoms with Crippen LogP contribution in [0, 0.1) is 11.3 Å². The first-order valence-corrected chi connectivity index (χ1v) is 10.2. The fourth-order valence-electron chi connectivity index (χ4n) is 3.57. The van der Waals surface area contributed by atoms with E-state index in [1.165, 1.54) is 0 Å². The summed E-state index contributed by atoms with van der Waals surface area (Å²) in [5.41, 5.74) is 4.53. The summed E-state index contributed by atoms with van der Waals surface area (Å²) in [6.45, 7) is 4.52. The van der Waals surface area contributed by atoms with Crippen LogP contribution in [0.25, 0.3) is 22.3 Å². The van der Waals surface area contributed by atoms with Crippen molar-refractivity contribution in [3.63, 3.8) is 0 Å². The minimum Gasteiger partial charge on any atom is -0.337 e. The lowest BCUT2D eigenvalue weighted by atomic mass is 10.1. The van der Waals surface area contributed by atoms with E-state index in [0.29, 0.717) is 23.3 Å². The number of rotatable bonds is 5. The number of carbonyl (C=O) groups excluding carboxylic acids is 1. The molecule has 0 saturated heterocycles. The monoisotopic (exact) mass is 409 g/mol. The molecule has 4 rings (SSSR count). The van der Waals surface area contributed by atoms with Crippen LogP contribution in [0.4, 0.5) is 0 Å². The van der Waals surface area contributed by atoms with Crippen molar-refractivity contribution in [1.29, 1.82) is 5.26 Å². The molecule has 0 saturated carbocycles. The SMILES string of the molecule is CC(C)n1ncc2c(C(=O)N(C)Cc3ccc(C#N)cc3)cc(-c3ccccc3)nc21. The maximum Gasteiger partial charge on any atom is 0.254 e. The average molecular weight is 409 g/mol. The summed E-state index contributed by atoms with van der Waals surface area (Å²) in [4.78, 5) is 20.0. The number of carbonyl (C=O) groups is 1. The van der Waals surface area contributed by atoms with Crippen molar-refractivity contribution in [3.8, 4) is 17.3 Å². The molecule has 2 aromatic heterocycles. The zero-order chi connectivity index (χ0) is 22.0. The second kappa shape index (κ2) is 8.41. The lowest BCUT2D eigenvalue weighted by Gasteiger charge is -2.19. The molecule has 154 valence electrons. The first-order chi connectivity index (χ1) is 15.0. The Morgan fingerprint density at radius 3 is 2.48 bits per heavy atom. The Labute approximate surface area is 181 Å². The molecule has 1 amide bonds. The Balaban J connectivity index is 1.75. The molecular weight excluding hydrogens is 386 g/mol. The summed E-state index contributed by atoms with van der Waals surface area (Å²) in [7, 11) is 1.78. The number of pyridine rings is 1. The van der Waals surface area contributed by atoms with Crippen LogP contribution in [0.3, 0.4) is 0 Å².